The second-order valence-corrected chi connectivity index (χ2v) is 3.96. The fraction of sp³-hybridized carbons (Fsp3) is 0.0769. The highest BCUT2D eigenvalue weighted by Crippen LogP contribution is 2.27. The van der Waals surface area contributed by atoms with E-state index in [-0.39, 0.29) is 0 Å². The Hall–Kier alpha value is -1.94. The quantitative estimate of drug-likeness (QED) is 0.618. The summed E-state index contributed by atoms with van der Waals surface area (Å²) in [5.41, 5.74) is 1.65. The Labute approximate surface area is 108 Å². The summed E-state index contributed by atoms with van der Waals surface area (Å²) in [6.07, 6.45) is 1.25. The van der Waals surface area contributed by atoms with E-state index in [2.05, 4.69) is 9.72 Å². The van der Waals surface area contributed by atoms with Crippen LogP contribution in [-0.4, -0.2) is 18.1 Å². The van der Waals surface area contributed by atoms with Gasteiger partial charge in [-0.25, -0.2) is 9.78 Å². The summed E-state index contributed by atoms with van der Waals surface area (Å²) in [6.45, 7) is 0. The highest BCUT2D eigenvalue weighted by Gasteiger charge is 2.08. The number of carbonyl (C=O) groups is 1. The first kappa shape index (κ1) is 12.5. The molecule has 0 aliphatic carbocycles. The molecule has 18 heavy (non-hydrogen) atoms. The van der Waals surface area contributed by atoms with Crippen molar-refractivity contribution in [2.24, 2.45) is 0 Å². The highest BCUT2D eigenvalue weighted by molar-refractivity contribution is 6.33. The van der Waals surface area contributed by atoms with Crippen molar-refractivity contribution in [1.29, 1.82) is 0 Å². The Balaban J connectivity index is 2.40. The van der Waals surface area contributed by atoms with Gasteiger partial charge in [0.2, 0.25) is 5.95 Å². The number of esters is 1. The number of halogens is 2. The van der Waals surface area contributed by atoms with Gasteiger partial charge < -0.3 is 4.74 Å². The van der Waals surface area contributed by atoms with Crippen molar-refractivity contribution in [2.45, 2.75) is 0 Å². The molecule has 0 unspecified atom stereocenters. The molecule has 3 nitrogen and oxygen atoms in total. The predicted molar refractivity (Wildman–Crippen MR) is 66.0 cm³/mol. The van der Waals surface area contributed by atoms with E-state index >= 15 is 0 Å². The first-order valence-corrected chi connectivity index (χ1v) is 5.49. The molecule has 1 heterocycles. The van der Waals surface area contributed by atoms with Gasteiger partial charge in [0.25, 0.3) is 0 Å². The zero-order valence-corrected chi connectivity index (χ0v) is 10.2. The van der Waals surface area contributed by atoms with E-state index < -0.39 is 11.9 Å². The van der Waals surface area contributed by atoms with Crippen molar-refractivity contribution in [3.05, 3.63) is 53.1 Å². The number of hydrogen-bond donors (Lipinski definition) is 0. The molecule has 0 fully saturated rings. The van der Waals surface area contributed by atoms with E-state index in [1.165, 1.54) is 19.4 Å². The summed E-state index contributed by atoms with van der Waals surface area (Å²) in [4.78, 5) is 14.7. The molecular weight excluding hydrogens is 257 g/mol. The second kappa shape index (κ2) is 5.14. The summed E-state index contributed by atoms with van der Waals surface area (Å²) in [6, 6.07) is 7.78. The molecule has 0 saturated heterocycles. The molecule has 0 amide bonds. The van der Waals surface area contributed by atoms with Crippen LogP contribution < -0.4 is 0 Å². The Kier molecular flexibility index (Phi) is 3.58. The molecule has 0 saturated carbocycles. The van der Waals surface area contributed by atoms with Crippen LogP contribution in [0.15, 0.2) is 36.5 Å². The Morgan fingerprint density at radius 1 is 1.33 bits per heavy atom. The van der Waals surface area contributed by atoms with Crippen LogP contribution in [0.25, 0.3) is 11.1 Å². The smallest absolute Gasteiger partial charge is 0.337 e. The van der Waals surface area contributed by atoms with Crippen LogP contribution in [0.1, 0.15) is 10.4 Å². The molecule has 0 bridgehead atoms. The minimum absolute atomic E-state index is 0.349. The molecule has 0 atom stereocenters. The minimum atomic E-state index is -0.605. The largest absolute Gasteiger partial charge is 0.465 e. The molecule has 1 aromatic carbocycles. The number of rotatable bonds is 2. The number of aromatic nitrogens is 1. The molecule has 5 heteroatoms. The number of nitrogens with zero attached hydrogens (tertiary/aromatic N) is 1. The average molecular weight is 266 g/mol. The van der Waals surface area contributed by atoms with Crippen molar-refractivity contribution < 1.29 is 13.9 Å². The lowest BCUT2D eigenvalue weighted by Gasteiger charge is -2.05. The highest BCUT2D eigenvalue weighted by atomic mass is 35.5. The molecule has 0 spiro atoms. The maximum Gasteiger partial charge on any atom is 0.337 e. The zero-order valence-electron chi connectivity index (χ0n) is 9.48. The summed E-state index contributed by atoms with van der Waals surface area (Å²) in [5, 5.41) is 0.349. The number of methoxy groups -OCH3 is 1. The lowest BCUT2D eigenvalue weighted by atomic mass is 10.1. The number of benzene rings is 1. The number of carbonyl (C=O) groups excluding carboxylic acids is 1. The van der Waals surface area contributed by atoms with Gasteiger partial charge in [-0.05, 0) is 17.7 Å². The van der Waals surface area contributed by atoms with E-state index in [1.807, 2.05) is 0 Å². The average Bonchev–Trinajstić information content (AvgIpc) is 2.41. The van der Waals surface area contributed by atoms with Crippen molar-refractivity contribution in [3.8, 4) is 11.1 Å². The maximum absolute atomic E-state index is 13.1. The van der Waals surface area contributed by atoms with Gasteiger partial charge in [0.05, 0.1) is 17.7 Å². The van der Waals surface area contributed by atoms with Gasteiger partial charge in [-0.3, -0.25) is 0 Å². The molecule has 0 aliphatic heterocycles. The van der Waals surface area contributed by atoms with Crippen molar-refractivity contribution in [1.82, 2.24) is 4.98 Å². The maximum atomic E-state index is 13.1. The first-order valence-electron chi connectivity index (χ1n) is 5.11. The normalized spacial score (nSPS) is 10.2. The van der Waals surface area contributed by atoms with Gasteiger partial charge in [-0.1, -0.05) is 23.7 Å². The molecule has 1 aromatic heterocycles. The van der Waals surface area contributed by atoms with Crippen LogP contribution in [0.3, 0.4) is 0 Å². The van der Waals surface area contributed by atoms with Crippen LogP contribution in [0.5, 0.6) is 0 Å². The Morgan fingerprint density at radius 3 is 2.61 bits per heavy atom. The zero-order chi connectivity index (χ0) is 13.1. The van der Waals surface area contributed by atoms with E-state index in [4.69, 9.17) is 11.6 Å². The van der Waals surface area contributed by atoms with E-state index in [1.54, 1.807) is 24.3 Å². The minimum Gasteiger partial charge on any atom is -0.465 e. The van der Waals surface area contributed by atoms with Crippen LogP contribution >= 0.6 is 11.6 Å². The summed E-state index contributed by atoms with van der Waals surface area (Å²) in [5.74, 6) is -1.03. The number of ether oxygens (including phenoxy) is 1. The lowest BCUT2D eigenvalue weighted by molar-refractivity contribution is 0.0601. The predicted octanol–water partition coefficient (Wildman–Crippen LogP) is 3.33. The lowest BCUT2D eigenvalue weighted by Crippen LogP contribution is -2.00. The standard InChI is InChI=1S/C13H9ClFNO2/c1-18-13(17)9-4-2-8(3-5-9)10-6-12(15)16-7-11(10)14/h2-7H,1H3. The fourth-order valence-corrected chi connectivity index (χ4v) is 1.75. The molecule has 2 rings (SSSR count). The second-order valence-electron chi connectivity index (χ2n) is 3.56. The molecule has 0 radical (unpaired) electrons. The van der Waals surface area contributed by atoms with Crippen molar-refractivity contribution in [2.75, 3.05) is 7.11 Å². The molecule has 0 N–H and O–H groups in total. The molecule has 2 aromatic rings. The summed E-state index contributed by atoms with van der Waals surface area (Å²) in [7, 11) is 1.31. The van der Waals surface area contributed by atoms with E-state index in [0.29, 0.717) is 21.7 Å². The van der Waals surface area contributed by atoms with E-state index in [9.17, 15) is 9.18 Å². The van der Waals surface area contributed by atoms with E-state index in [0.717, 1.165) is 0 Å². The summed E-state index contributed by atoms with van der Waals surface area (Å²) >= 11 is 5.94. The van der Waals surface area contributed by atoms with Gasteiger partial charge in [-0.2, -0.15) is 4.39 Å². The molecule has 0 aliphatic rings. The van der Waals surface area contributed by atoms with Gasteiger partial charge in [0, 0.05) is 17.8 Å². The monoisotopic (exact) mass is 265 g/mol. The SMILES string of the molecule is COC(=O)c1ccc(-c2cc(F)ncc2Cl)cc1. The Bertz CT molecular complexity index is 584. The van der Waals surface area contributed by atoms with Gasteiger partial charge >= 0.3 is 5.97 Å². The Morgan fingerprint density at radius 2 is 2.00 bits per heavy atom. The van der Waals surface area contributed by atoms with Crippen molar-refractivity contribution >= 4 is 17.6 Å². The number of pyridine rings is 1. The molecule has 92 valence electrons. The molecular formula is C13H9ClFNO2. The van der Waals surface area contributed by atoms with Crippen LogP contribution in [0.4, 0.5) is 4.39 Å². The topological polar surface area (TPSA) is 39.2 Å². The third-order valence-electron chi connectivity index (χ3n) is 2.44. The van der Waals surface area contributed by atoms with Crippen LogP contribution in [0.2, 0.25) is 5.02 Å². The number of hydrogen-bond acceptors (Lipinski definition) is 3. The van der Waals surface area contributed by atoms with Gasteiger partial charge in [0.1, 0.15) is 0 Å². The van der Waals surface area contributed by atoms with Crippen LogP contribution in [-0.2, 0) is 4.74 Å². The van der Waals surface area contributed by atoms with Crippen molar-refractivity contribution in [3.63, 3.8) is 0 Å². The summed E-state index contributed by atoms with van der Waals surface area (Å²) < 4.78 is 17.6. The van der Waals surface area contributed by atoms with Crippen LogP contribution in [0, 0.1) is 5.95 Å². The third-order valence-corrected chi connectivity index (χ3v) is 2.74. The van der Waals surface area contributed by atoms with Gasteiger partial charge in [0.15, 0.2) is 0 Å². The third kappa shape index (κ3) is 2.49. The van der Waals surface area contributed by atoms with Gasteiger partial charge in [-0.15, -0.1) is 0 Å². The first-order chi connectivity index (χ1) is 8.61. The fourth-order valence-electron chi connectivity index (χ4n) is 1.54.